The summed E-state index contributed by atoms with van der Waals surface area (Å²) < 4.78 is 52.2. The maximum Gasteiger partial charge on any atom is 0.339 e. The fourth-order valence-electron chi connectivity index (χ4n) is 9.29. The van der Waals surface area contributed by atoms with Gasteiger partial charge in [0.25, 0.3) is 0 Å². The number of nitrogen functional groups attached to an aromatic ring is 1. The molecule has 10 heteroatoms. The van der Waals surface area contributed by atoms with Crippen LogP contribution in [0.2, 0.25) is 0 Å². The summed E-state index contributed by atoms with van der Waals surface area (Å²) in [5, 5.41) is 21.8. The van der Waals surface area contributed by atoms with Crippen molar-refractivity contribution in [1.82, 2.24) is 0 Å². The smallest absolute Gasteiger partial charge is 0.339 e. The highest BCUT2D eigenvalue weighted by atomic mass is 19.1. The summed E-state index contributed by atoms with van der Waals surface area (Å²) in [6.45, 7) is 2.82. The van der Waals surface area contributed by atoms with Crippen LogP contribution in [-0.2, 0) is 20.9 Å². The highest BCUT2D eigenvalue weighted by molar-refractivity contribution is 6.02. The van der Waals surface area contributed by atoms with Crippen LogP contribution in [0.15, 0.2) is 72.3 Å². The summed E-state index contributed by atoms with van der Waals surface area (Å²) in [6, 6.07) is 14.5. The van der Waals surface area contributed by atoms with Crippen molar-refractivity contribution in [2.24, 2.45) is 22.7 Å². The van der Waals surface area contributed by atoms with Gasteiger partial charge in [-0.1, -0.05) is 37.3 Å². The van der Waals surface area contributed by atoms with Crippen LogP contribution in [0.1, 0.15) is 50.5 Å². The standard InChI is InChI=1S/C35H37F2NO7/c1-32-11-10-22(40)13-26(32)27(36)14-25-24-15-30-35(29(42)17-39,33(24,2)16-28(41)34(25,32)37)45-31(44-30)20-6-8-23(9-7-20)43-18-19-4-3-5-21(38)12-19/h3-13,24-25,27-28,30-31,39,41H,14-18,38H2,1-2H3/p+1/t24-,25-,27-,28-,30+,31+,32-,33-,34-,35+/m0/s1. The first-order chi connectivity index (χ1) is 21.4. The van der Waals surface area contributed by atoms with Crippen molar-refractivity contribution in [3.05, 3.63) is 83.5 Å². The topological polar surface area (TPSA) is 133 Å². The summed E-state index contributed by atoms with van der Waals surface area (Å²) in [6.07, 6.45) is -1.14. The lowest BCUT2D eigenvalue weighted by atomic mass is 9.44. The van der Waals surface area contributed by atoms with E-state index in [0.717, 1.165) is 5.56 Å². The Bertz CT molecular complexity index is 1610. The van der Waals surface area contributed by atoms with Gasteiger partial charge >= 0.3 is 5.78 Å². The number of hydrogen-bond donors (Lipinski definition) is 3. The molecule has 2 aromatic carbocycles. The minimum Gasteiger partial charge on any atom is -0.489 e. The van der Waals surface area contributed by atoms with Gasteiger partial charge in [0.05, 0.1) is 12.2 Å². The predicted molar refractivity (Wildman–Crippen MR) is 161 cm³/mol. The third kappa shape index (κ3) is 4.08. The Labute approximate surface area is 259 Å². The van der Waals surface area contributed by atoms with Gasteiger partial charge in [0, 0.05) is 40.2 Å². The Morgan fingerprint density at radius 2 is 1.91 bits per heavy atom. The van der Waals surface area contributed by atoms with Crippen molar-refractivity contribution < 1.29 is 42.8 Å². The van der Waals surface area contributed by atoms with E-state index in [9.17, 15) is 19.8 Å². The maximum atomic E-state index is 17.6. The maximum absolute atomic E-state index is 17.6. The van der Waals surface area contributed by atoms with Crippen LogP contribution >= 0.6 is 0 Å². The van der Waals surface area contributed by atoms with Crippen LogP contribution in [0.4, 0.5) is 14.5 Å². The zero-order valence-electron chi connectivity index (χ0n) is 25.2. The molecular formula is C35H38F2NO7+. The number of rotatable bonds is 6. The number of carbonyl (C=O) groups is 1. The van der Waals surface area contributed by atoms with Gasteiger partial charge in [0.2, 0.25) is 0 Å². The van der Waals surface area contributed by atoms with Crippen molar-refractivity contribution in [3.63, 3.8) is 0 Å². The molecule has 1 aliphatic heterocycles. The van der Waals surface area contributed by atoms with Crippen LogP contribution < -0.4 is 10.5 Å². The summed E-state index contributed by atoms with van der Waals surface area (Å²) >= 11 is 0. The number of benzene rings is 2. The lowest BCUT2D eigenvalue weighted by molar-refractivity contribution is -0.235. The highest BCUT2D eigenvalue weighted by Crippen LogP contribution is 2.72. The second kappa shape index (κ2) is 10.3. The van der Waals surface area contributed by atoms with Crippen molar-refractivity contribution in [3.8, 4) is 5.75 Å². The number of ether oxygens (including phenoxy) is 3. The number of Topliss-reactive ketones (excluding diaryl/α,β-unsaturated/α-hetero) is 1. The molecule has 4 aliphatic carbocycles. The summed E-state index contributed by atoms with van der Waals surface area (Å²) in [5.41, 5.74) is 1.50. The van der Waals surface area contributed by atoms with Crippen molar-refractivity contribution in [2.75, 3.05) is 12.3 Å². The first kappa shape index (κ1) is 30.2. The number of nitrogens with two attached hydrogens (primary N) is 1. The van der Waals surface area contributed by atoms with E-state index >= 15 is 8.78 Å². The largest absolute Gasteiger partial charge is 0.489 e. The number of fused-ring (bicyclic) bond motifs is 7. The quantitative estimate of drug-likeness (QED) is 0.320. The molecule has 4 fully saturated rings. The zero-order chi connectivity index (χ0) is 31.9. The second-order valence-electron chi connectivity index (χ2n) is 13.6. The van der Waals surface area contributed by atoms with E-state index in [4.69, 9.17) is 19.9 Å². The van der Waals surface area contributed by atoms with Crippen LogP contribution in [0, 0.1) is 22.7 Å². The first-order valence-electron chi connectivity index (χ1n) is 15.4. The number of halogens is 2. The summed E-state index contributed by atoms with van der Waals surface area (Å²) in [4.78, 5) is 23.8. The molecule has 238 valence electrons. The van der Waals surface area contributed by atoms with E-state index in [-0.39, 0.29) is 30.6 Å². The van der Waals surface area contributed by atoms with E-state index in [1.165, 1.54) is 18.2 Å². The average molecular weight is 623 g/mol. The molecule has 0 unspecified atom stereocenters. The van der Waals surface area contributed by atoms with E-state index in [1.807, 2.05) is 18.2 Å². The molecule has 3 saturated carbocycles. The Balaban J connectivity index is 1.18. The van der Waals surface area contributed by atoms with Gasteiger partial charge in [0.1, 0.15) is 25.1 Å². The number of anilines is 1. The van der Waals surface area contributed by atoms with Gasteiger partial charge in [0.15, 0.2) is 23.3 Å². The molecule has 0 spiro atoms. The summed E-state index contributed by atoms with van der Waals surface area (Å²) in [5.74, 6) is -1.76. The second-order valence-corrected chi connectivity index (χ2v) is 13.6. The van der Waals surface area contributed by atoms with Gasteiger partial charge in [-0.25, -0.2) is 8.78 Å². The molecule has 1 heterocycles. The zero-order valence-corrected chi connectivity index (χ0v) is 25.2. The van der Waals surface area contributed by atoms with E-state index in [0.29, 0.717) is 23.6 Å². The predicted octanol–water partition coefficient (Wildman–Crippen LogP) is 4.47. The van der Waals surface area contributed by atoms with Crippen molar-refractivity contribution in [2.45, 2.75) is 75.7 Å². The minimum absolute atomic E-state index is 0.0936. The molecule has 0 aromatic heterocycles. The van der Waals surface area contributed by atoms with Gasteiger partial charge in [-0.3, -0.25) is 9.59 Å². The normalized spacial score (nSPS) is 41.5. The Kier molecular flexibility index (Phi) is 6.91. The molecule has 0 amide bonds. The fourth-order valence-corrected chi connectivity index (χ4v) is 9.29. The third-order valence-corrected chi connectivity index (χ3v) is 11.4. The van der Waals surface area contributed by atoms with Crippen molar-refractivity contribution >= 4 is 17.3 Å². The van der Waals surface area contributed by atoms with Gasteiger partial charge in [-0.2, -0.15) is 0 Å². The van der Waals surface area contributed by atoms with Gasteiger partial charge in [-0.15, -0.1) is 0 Å². The molecule has 0 bridgehead atoms. The van der Waals surface area contributed by atoms with Gasteiger partial charge < -0.3 is 30.2 Å². The SMILES string of the molecule is C[C@]12C=CC(=[OH+])C=C1[C@@H](F)C[C@H]1[C@@H]3C[C@H]4O[C@@H](c5ccc(OCc6cccc(N)c6)cc5)O[C@@]4(C(=O)CO)[C@@]3(C)C[C@H](O)[C@@]12F. The fraction of sp³-hybridized carbons (Fsp3) is 0.486. The number of allylic oxidation sites excluding steroid dienone is 4. The van der Waals surface area contributed by atoms with Crippen LogP contribution in [-0.4, -0.2) is 62.8 Å². The average Bonchev–Trinajstić information content (AvgIpc) is 3.52. The molecule has 0 radical (unpaired) electrons. The van der Waals surface area contributed by atoms with E-state index in [1.54, 1.807) is 44.2 Å². The van der Waals surface area contributed by atoms with Crippen LogP contribution in [0.5, 0.6) is 5.75 Å². The molecule has 5 aliphatic rings. The number of aliphatic hydroxyl groups is 2. The molecule has 45 heavy (non-hydrogen) atoms. The van der Waals surface area contributed by atoms with E-state index in [2.05, 4.69) is 0 Å². The Hall–Kier alpha value is -3.44. The molecule has 5 N–H and O–H groups in total. The van der Waals surface area contributed by atoms with E-state index < -0.39 is 71.0 Å². The molecule has 2 aromatic rings. The third-order valence-electron chi connectivity index (χ3n) is 11.4. The molecule has 8 nitrogen and oxygen atoms in total. The lowest BCUT2D eigenvalue weighted by Gasteiger charge is -2.63. The number of aliphatic hydroxyl groups excluding tert-OH is 2. The lowest BCUT2D eigenvalue weighted by Crippen LogP contribution is -2.70. The van der Waals surface area contributed by atoms with Crippen molar-refractivity contribution in [1.29, 1.82) is 0 Å². The number of ketones is 2. The Morgan fingerprint density at radius 3 is 2.62 bits per heavy atom. The number of carbonyl (C=O) groups excluding carboxylic acids is 2. The van der Waals surface area contributed by atoms with Gasteiger partial charge in [-0.05, 0) is 67.5 Å². The minimum atomic E-state index is -2.27. The number of hydrogen-bond acceptors (Lipinski definition) is 7. The molecular weight excluding hydrogens is 584 g/mol. The number of alkyl halides is 2. The monoisotopic (exact) mass is 622 g/mol. The van der Waals surface area contributed by atoms with Crippen LogP contribution in [0.3, 0.4) is 0 Å². The molecule has 7 rings (SSSR count). The summed E-state index contributed by atoms with van der Waals surface area (Å²) in [7, 11) is 0. The molecule has 1 saturated heterocycles. The first-order valence-corrected chi connectivity index (χ1v) is 15.4. The highest BCUT2D eigenvalue weighted by Gasteiger charge is 2.80. The Morgan fingerprint density at radius 1 is 1.16 bits per heavy atom. The molecule has 10 atom stereocenters. The van der Waals surface area contributed by atoms with Crippen LogP contribution in [0.25, 0.3) is 0 Å².